The molecule has 1 fully saturated rings. The molecule has 5 heteroatoms. The highest BCUT2D eigenvalue weighted by Crippen LogP contribution is 2.24. The molecule has 0 saturated carbocycles. The fourth-order valence-corrected chi connectivity index (χ4v) is 2.59. The highest BCUT2D eigenvalue weighted by Gasteiger charge is 2.18. The number of carbonyl (C=O) groups excluding carboxylic acids is 1. The van der Waals surface area contributed by atoms with Crippen LogP contribution in [0.3, 0.4) is 0 Å². The molecule has 1 aromatic heterocycles. The van der Waals surface area contributed by atoms with Crippen molar-refractivity contribution in [3.05, 3.63) is 11.1 Å². The summed E-state index contributed by atoms with van der Waals surface area (Å²) in [7, 11) is 0. The van der Waals surface area contributed by atoms with E-state index in [0.29, 0.717) is 0 Å². The Balaban J connectivity index is 2.12. The van der Waals surface area contributed by atoms with Crippen LogP contribution < -0.4 is 4.90 Å². The first-order valence-electron chi connectivity index (χ1n) is 5.50. The predicted molar refractivity (Wildman–Crippen MR) is 64.4 cm³/mol. The minimum Gasteiger partial charge on any atom is -0.377 e. The van der Waals surface area contributed by atoms with Crippen LogP contribution in [-0.4, -0.2) is 36.6 Å². The van der Waals surface area contributed by atoms with Crippen LogP contribution in [0.4, 0.5) is 5.13 Å². The Morgan fingerprint density at radius 3 is 3.19 bits per heavy atom. The van der Waals surface area contributed by atoms with Crippen LogP contribution in [0.1, 0.15) is 29.9 Å². The second-order valence-electron chi connectivity index (χ2n) is 4.04. The van der Waals surface area contributed by atoms with Crippen LogP contribution in [-0.2, 0) is 4.74 Å². The van der Waals surface area contributed by atoms with E-state index in [2.05, 4.69) is 16.8 Å². The molecule has 1 aliphatic heterocycles. The molecular weight excluding hydrogens is 224 g/mol. The predicted octanol–water partition coefficient (Wildman–Crippen LogP) is 1.96. The number of rotatable bonds is 2. The lowest BCUT2D eigenvalue weighted by molar-refractivity contribution is 0.0821. The summed E-state index contributed by atoms with van der Waals surface area (Å²) in [6.07, 6.45) is 2.91. The van der Waals surface area contributed by atoms with Crippen molar-refractivity contribution in [3.8, 4) is 0 Å². The minimum atomic E-state index is 0.0860. The van der Waals surface area contributed by atoms with Gasteiger partial charge in [0.25, 0.3) is 0 Å². The van der Waals surface area contributed by atoms with Crippen LogP contribution in [0.5, 0.6) is 0 Å². The number of hydrogen-bond donors (Lipinski definition) is 0. The minimum absolute atomic E-state index is 0.0860. The zero-order valence-corrected chi connectivity index (χ0v) is 10.4. The number of thiazole rings is 1. The summed E-state index contributed by atoms with van der Waals surface area (Å²) in [4.78, 5) is 18.4. The molecule has 16 heavy (non-hydrogen) atoms. The van der Waals surface area contributed by atoms with Gasteiger partial charge in [0.1, 0.15) is 0 Å². The van der Waals surface area contributed by atoms with Crippen LogP contribution in [0.2, 0.25) is 0 Å². The number of Topliss-reactive ketones (excluding diaryl/α,β-unsaturated/α-hetero) is 1. The summed E-state index contributed by atoms with van der Waals surface area (Å²) in [5, 5.41) is 0.933. The van der Waals surface area contributed by atoms with Crippen LogP contribution >= 0.6 is 11.3 Å². The molecule has 0 bridgehead atoms. The monoisotopic (exact) mass is 240 g/mol. The summed E-state index contributed by atoms with van der Waals surface area (Å²) in [5.74, 6) is 0.0860. The summed E-state index contributed by atoms with van der Waals surface area (Å²) >= 11 is 1.47. The summed E-state index contributed by atoms with van der Waals surface area (Å²) in [5.41, 5.74) is 0. The third-order valence-electron chi connectivity index (χ3n) is 2.56. The first kappa shape index (κ1) is 11.5. The van der Waals surface area contributed by atoms with Gasteiger partial charge in [-0.15, -0.1) is 0 Å². The maximum absolute atomic E-state index is 11.2. The molecule has 2 heterocycles. The zero-order chi connectivity index (χ0) is 11.5. The van der Waals surface area contributed by atoms with Gasteiger partial charge in [0, 0.05) is 26.6 Å². The van der Waals surface area contributed by atoms with E-state index < -0.39 is 0 Å². The van der Waals surface area contributed by atoms with E-state index in [0.717, 1.165) is 36.1 Å². The number of aromatic nitrogens is 1. The zero-order valence-electron chi connectivity index (χ0n) is 9.60. The Bertz CT molecular complexity index is 378. The van der Waals surface area contributed by atoms with E-state index in [1.807, 2.05) is 0 Å². The van der Waals surface area contributed by atoms with Gasteiger partial charge in [-0.1, -0.05) is 11.3 Å². The number of anilines is 1. The topological polar surface area (TPSA) is 42.4 Å². The molecule has 0 radical (unpaired) electrons. The van der Waals surface area contributed by atoms with Gasteiger partial charge in [0.05, 0.1) is 17.2 Å². The van der Waals surface area contributed by atoms with E-state index >= 15 is 0 Å². The van der Waals surface area contributed by atoms with Gasteiger partial charge >= 0.3 is 0 Å². The highest BCUT2D eigenvalue weighted by molar-refractivity contribution is 7.17. The SMILES string of the molecule is CC(=O)c1cnc(N2CCCOC(C)C2)s1. The first-order chi connectivity index (χ1) is 7.66. The first-order valence-corrected chi connectivity index (χ1v) is 6.32. The summed E-state index contributed by atoms with van der Waals surface area (Å²) < 4.78 is 5.58. The largest absolute Gasteiger partial charge is 0.377 e. The summed E-state index contributed by atoms with van der Waals surface area (Å²) in [6.45, 7) is 6.26. The molecule has 88 valence electrons. The van der Waals surface area contributed by atoms with Crippen molar-refractivity contribution in [3.63, 3.8) is 0 Å². The fourth-order valence-electron chi connectivity index (χ4n) is 1.74. The fraction of sp³-hybridized carbons (Fsp3) is 0.636. The van der Waals surface area contributed by atoms with Crippen molar-refractivity contribution >= 4 is 22.3 Å². The Morgan fingerprint density at radius 2 is 2.50 bits per heavy atom. The Labute approximate surface area is 99.2 Å². The molecule has 1 saturated heterocycles. The standard InChI is InChI=1S/C11H16N2O2S/c1-8-7-13(4-3-5-15-8)11-12-6-10(16-11)9(2)14/h6,8H,3-5,7H2,1-2H3. The molecule has 2 rings (SSSR count). The van der Waals surface area contributed by atoms with E-state index in [1.165, 1.54) is 11.3 Å². The van der Waals surface area contributed by atoms with Gasteiger partial charge in [-0.25, -0.2) is 4.98 Å². The number of ether oxygens (including phenoxy) is 1. The Kier molecular flexibility index (Phi) is 3.56. The van der Waals surface area contributed by atoms with Crippen LogP contribution in [0, 0.1) is 0 Å². The average Bonchev–Trinajstić information content (AvgIpc) is 2.63. The number of nitrogens with zero attached hydrogens (tertiary/aromatic N) is 2. The van der Waals surface area contributed by atoms with Crippen LogP contribution in [0.15, 0.2) is 6.20 Å². The molecule has 0 N–H and O–H groups in total. The third kappa shape index (κ3) is 2.59. The maximum atomic E-state index is 11.2. The molecule has 0 aliphatic carbocycles. The molecule has 1 unspecified atom stereocenters. The Morgan fingerprint density at radius 1 is 1.69 bits per heavy atom. The smallest absolute Gasteiger partial charge is 0.186 e. The quantitative estimate of drug-likeness (QED) is 0.741. The lowest BCUT2D eigenvalue weighted by atomic mass is 10.4. The normalized spacial score (nSPS) is 21.9. The van der Waals surface area contributed by atoms with Gasteiger partial charge in [-0.2, -0.15) is 0 Å². The second kappa shape index (κ2) is 4.93. The van der Waals surface area contributed by atoms with Crippen molar-refractivity contribution < 1.29 is 9.53 Å². The van der Waals surface area contributed by atoms with E-state index in [4.69, 9.17) is 4.74 Å². The third-order valence-corrected chi connectivity index (χ3v) is 3.72. The van der Waals surface area contributed by atoms with Gasteiger partial charge in [0.2, 0.25) is 0 Å². The van der Waals surface area contributed by atoms with Crippen molar-refractivity contribution in [2.24, 2.45) is 0 Å². The van der Waals surface area contributed by atoms with Crippen molar-refractivity contribution in [2.75, 3.05) is 24.6 Å². The average molecular weight is 240 g/mol. The van der Waals surface area contributed by atoms with Crippen molar-refractivity contribution in [1.82, 2.24) is 4.98 Å². The second-order valence-corrected chi connectivity index (χ2v) is 5.05. The Hall–Kier alpha value is -0.940. The van der Waals surface area contributed by atoms with Crippen LogP contribution in [0.25, 0.3) is 0 Å². The molecule has 0 spiro atoms. The van der Waals surface area contributed by atoms with Gasteiger partial charge in [-0.3, -0.25) is 4.79 Å². The van der Waals surface area contributed by atoms with E-state index in [9.17, 15) is 4.79 Å². The van der Waals surface area contributed by atoms with E-state index in [1.54, 1.807) is 13.1 Å². The molecule has 0 aromatic carbocycles. The van der Waals surface area contributed by atoms with Crippen molar-refractivity contribution in [2.45, 2.75) is 26.4 Å². The molecule has 1 aromatic rings. The number of hydrogen-bond acceptors (Lipinski definition) is 5. The molecule has 1 aliphatic rings. The lowest BCUT2D eigenvalue weighted by Gasteiger charge is -2.20. The van der Waals surface area contributed by atoms with Crippen molar-refractivity contribution in [1.29, 1.82) is 0 Å². The maximum Gasteiger partial charge on any atom is 0.186 e. The molecule has 4 nitrogen and oxygen atoms in total. The molecule has 1 atom stereocenters. The molecule has 0 amide bonds. The number of ketones is 1. The summed E-state index contributed by atoms with van der Waals surface area (Å²) in [6, 6.07) is 0. The van der Waals surface area contributed by atoms with Gasteiger partial charge < -0.3 is 9.64 Å². The van der Waals surface area contributed by atoms with Gasteiger partial charge in [-0.05, 0) is 13.3 Å². The van der Waals surface area contributed by atoms with E-state index in [-0.39, 0.29) is 11.9 Å². The lowest BCUT2D eigenvalue weighted by Crippen LogP contribution is -2.29. The van der Waals surface area contributed by atoms with Gasteiger partial charge in [0.15, 0.2) is 10.9 Å². The highest BCUT2D eigenvalue weighted by atomic mass is 32.1. The molecular formula is C11H16N2O2S. The number of carbonyl (C=O) groups is 1.